The molecule has 34 heavy (non-hydrogen) atoms. The summed E-state index contributed by atoms with van der Waals surface area (Å²) in [5.74, 6) is -0.185. The minimum atomic E-state index is -0.915. The molecule has 1 aromatic carbocycles. The summed E-state index contributed by atoms with van der Waals surface area (Å²) >= 11 is 0. The van der Waals surface area contributed by atoms with E-state index < -0.39 is 11.3 Å². The van der Waals surface area contributed by atoms with Crippen molar-refractivity contribution in [2.45, 2.75) is 20.3 Å². The first-order valence-electron chi connectivity index (χ1n) is 10.7. The van der Waals surface area contributed by atoms with Crippen molar-refractivity contribution < 1.29 is 9.90 Å². The van der Waals surface area contributed by atoms with E-state index in [0.717, 1.165) is 21.9 Å². The van der Waals surface area contributed by atoms with Crippen molar-refractivity contribution in [1.29, 1.82) is 5.26 Å². The number of aromatic hydroxyl groups is 1. The summed E-state index contributed by atoms with van der Waals surface area (Å²) in [5.41, 5.74) is 8.78. The SMILES string of the molecule is Cc1ccncc1-c1cc2cc(CC(C)(C#N)CNC(=O)c3ccccc3O)ncc2c(N)n1. The lowest BCUT2D eigenvalue weighted by Gasteiger charge is -2.22. The second-order valence-corrected chi connectivity index (χ2v) is 8.53. The van der Waals surface area contributed by atoms with E-state index in [2.05, 4.69) is 26.3 Å². The van der Waals surface area contributed by atoms with Crippen LogP contribution in [-0.4, -0.2) is 32.5 Å². The number of nitrogens with one attached hydrogen (secondary N) is 1. The third-order valence-corrected chi connectivity index (χ3v) is 5.75. The van der Waals surface area contributed by atoms with Gasteiger partial charge in [-0.15, -0.1) is 0 Å². The number of nitrogens with zero attached hydrogens (tertiary/aromatic N) is 4. The number of benzene rings is 1. The fraction of sp³-hybridized carbons (Fsp3) is 0.192. The zero-order valence-corrected chi connectivity index (χ0v) is 18.9. The summed E-state index contributed by atoms with van der Waals surface area (Å²) in [5, 5.41) is 24.1. The van der Waals surface area contributed by atoms with Gasteiger partial charge >= 0.3 is 0 Å². The molecule has 8 nitrogen and oxygen atoms in total. The molecule has 1 atom stereocenters. The van der Waals surface area contributed by atoms with Crippen LogP contribution < -0.4 is 11.1 Å². The molecule has 0 saturated carbocycles. The van der Waals surface area contributed by atoms with Gasteiger partial charge in [-0.05, 0) is 55.1 Å². The number of carbonyl (C=O) groups is 1. The number of para-hydroxylation sites is 1. The predicted octanol–water partition coefficient (Wildman–Crippen LogP) is 3.79. The average Bonchev–Trinajstić information content (AvgIpc) is 2.83. The summed E-state index contributed by atoms with van der Waals surface area (Å²) in [6.45, 7) is 3.84. The molecule has 0 saturated heterocycles. The number of aromatic nitrogens is 3. The fourth-order valence-electron chi connectivity index (χ4n) is 3.76. The molecule has 3 aromatic heterocycles. The Morgan fingerprint density at radius 3 is 2.76 bits per heavy atom. The smallest absolute Gasteiger partial charge is 0.255 e. The largest absolute Gasteiger partial charge is 0.507 e. The molecule has 4 rings (SSSR count). The number of pyridine rings is 3. The number of phenols is 1. The van der Waals surface area contributed by atoms with Crippen molar-refractivity contribution in [2.75, 3.05) is 12.3 Å². The molecule has 3 heterocycles. The summed E-state index contributed by atoms with van der Waals surface area (Å²) in [4.78, 5) is 25.7. The zero-order valence-electron chi connectivity index (χ0n) is 18.9. The van der Waals surface area contributed by atoms with Gasteiger partial charge in [-0.3, -0.25) is 14.8 Å². The Hall–Kier alpha value is -4.51. The standard InChI is InChI=1S/C26H24N6O2/c1-16-7-8-29-12-20(16)22-10-17-9-18(30-13-21(17)24(28)32-22)11-26(2,14-27)15-31-25(34)19-5-3-4-6-23(19)33/h3-10,12-13,33H,11,15H2,1-2H3,(H2,28,32)(H,31,34). The van der Waals surface area contributed by atoms with Gasteiger partial charge in [0.05, 0.1) is 22.7 Å². The molecule has 1 amide bonds. The van der Waals surface area contributed by atoms with Crippen LogP contribution in [0.4, 0.5) is 5.82 Å². The maximum Gasteiger partial charge on any atom is 0.255 e. The van der Waals surface area contributed by atoms with Gasteiger partial charge in [-0.25, -0.2) is 4.98 Å². The molecular weight excluding hydrogens is 428 g/mol. The number of aryl methyl sites for hydroxylation is 1. The number of amides is 1. The van der Waals surface area contributed by atoms with Crippen LogP contribution in [0.5, 0.6) is 5.75 Å². The second kappa shape index (κ2) is 9.16. The lowest BCUT2D eigenvalue weighted by atomic mass is 9.86. The Morgan fingerprint density at radius 1 is 1.24 bits per heavy atom. The molecule has 0 aliphatic carbocycles. The van der Waals surface area contributed by atoms with Crippen molar-refractivity contribution in [3.8, 4) is 23.1 Å². The van der Waals surface area contributed by atoms with E-state index in [-0.39, 0.29) is 17.9 Å². The molecule has 170 valence electrons. The predicted molar refractivity (Wildman–Crippen MR) is 130 cm³/mol. The maximum atomic E-state index is 12.5. The Balaban J connectivity index is 1.58. The minimum absolute atomic E-state index is 0.0923. The van der Waals surface area contributed by atoms with Crippen molar-refractivity contribution >= 4 is 22.5 Å². The Labute approximate surface area is 197 Å². The van der Waals surface area contributed by atoms with E-state index in [0.29, 0.717) is 23.6 Å². The van der Waals surface area contributed by atoms with Crippen molar-refractivity contribution in [3.05, 3.63) is 77.9 Å². The van der Waals surface area contributed by atoms with Crippen LogP contribution in [0.3, 0.4) is 0 Å². The van der Waals surface area contributed by atoms with Gasteiger partial charge in [-0.1, -0.05) is 12.1 Å². The van der Waals surface area contributed by atoms with E-state index >= 15 is 0 Å². The number of nitrogen functional groups attached to an aromatic ring is 1. The summed E-state index contributed by atoms with van der Waals surface area (Å²) in [7, 11) is 0. The minimum Gasteiger partial charge on any atom is -0.507 e. The first-order chi connectivity index (χ1) is 16.3. The van der Waals surface area contributed by atoms with Gasteiger partial charge in [0.15, 0.2) is 0 Å². The number of hydrogen-bond donors (Lipinski definition) is 3. The molecule has 0 fully saturated rings. The second-order valence-electron chi connectivity index (χ2n) is 8.53. The number of anilines is 1. The van der Waals surface area contributed by atoms with E-state index in [9.17, 15) is 15.2 Å². The highest BCUT2D eigenvalue weighted by Crippen LogP contribution is 2.29. The number of carbonyl (C=O) groups excluding carboxylic acids is 1. The Kier molecular flexibility index (Phi) is 6.11. The number of nitriles is 1. The quantitative estimate of drug-likeness (QED) is 0.404. The van der Waals surface area contributed by atoms with Gasteiger partial charge in [0.25, 0.3) is 5.91 Å². The lowest BCUT2D eigenvalue weighted by Crippen LogP contribution is -2.36. The first-order valence-corrected chi connectivity index (χ1v) is 10.7. The van der Waals surface area contributed by atoms with Gasteiger partial charge in [-0.2, -0.15) is 5.26 Å². The third-order valence-electron chi connectivity index (χ3n) is 5.75. The Morgan fingerprint density at radius 2 is 2.03 bits per heavy atom. The van der Waals surface area contributed by atoms with Crippen LogP contribution in [0.25, 0.3) is 22.0 Å². The zero-order chi connectivity index (χ0) is 24.3. The number of rotatable bonds is 6. The van der Waals surface area contributed by atoms with Gasteiger partial charge in [0.2, 0.25) is 0 Å². The number of phenolic OH excluding ortho intramolecular Hbond substituents is 1. The van der Waals surface area contributed by atoms with Gasteiger partial charge < -0.3 is 16.2 Å². The van der Waals surface area contributed by atoms with Crippen LogP contribution in [0, 0.1) is 23.7 Å². The van der Waals surface area contributed by atoms with Crippen LogP contribution >= 0.6 is 0 Å². The van der Waals surface area contributed by atoms with Gasteiger partial charge in [0.1, 0.15) is 11.6 Å². The van der Waals surface area contributed by atoms with E-state index in [1.54, 1.807) is 37.6 Å². The highest BCUT2D eigenvalue weighted by atomic mass is 16.3. The summed E-state index contributed by atoms with van der Waals surface area (Å²) in [6.07, 6.45) is 5.45. The number of nitrogens with two attached hydrogens (primary N) is 1. The molecule has 4 aromatic rings. The van der Waals surface area contributed by atoms with E-state index in [1.165, 1.54) is 12.1 Å². The van der Waals surface area contributed by atoms with E-state index in [4.69, 9.17) is 5.73 Å². The van der Waals surface area contributed by atoms with E-state index in [1.807, 2.05) is 25.1 Å². The molecule has 0 bridgehead atoms. The molecule has 1 unspecified atom stereocenters. The van der Waals surface area contributed by atoms with Crippen LogP contribution in [-0.2, 0) is 6.42 Å². The first kappa shape index (κ1) is 22.7. The highest BCUT2D eigenvalue weighted by molar-refractivity contribution is 5.96. The average molecular weight is 453 g/mol. The molecular formula is C26H24N6O2. The third kappa shape index (κ3) is 4.64. The molecule has 0 aliphatic heterocycles. The molecule has 0 spiro atoms. The van der Waals surface area contributed by atoms with Crippen molar-refractivity contribution in [3.63, 3.8) is 0 Å². The summed E-state index contributed by atoms with van der Waals surface area (Å²) in [6, 6.07) is 14.3. The van der Waals surface area contributed by atoms with Crippen LogP contribution in [0.15, 0.2) is 61.1 Å². The maximum absolute atomic E-state index is 12.5. The number of hydrogen-bond acceptors (Lipinski definition) is 7. The van der Waals surface area contributed by atoms with Gasteiger partial charge in [0, 0.05) is 48.2 Å². The van der Waals surface area contributed by atoms with Crippen LogP contribution in [0.1, 0.15) is 28.5 Å². The Bertz CT molecular complexity index is 1430. The lowest BCUT2D eigenvalue weighted by molar-refractivity contribution is 0.0939. The molecule has 4 N–H and O–H groups in total. The summed E-state index contributed by atoms with van der Waals surface area (Å²) < 4.78 is 0. The monoisotopic (exact) mass is 452 g/mol. The highest BCUT2D eigenvalue weighted by Gasteiger charge is 2.27. The molecule has 0 aliphatic rings. The normalized spacial score (nSPS) is 12.6. The van der Waals surface area contributed by atoms with Crippen LogP contribution in [0.2, 0.25) is 0 Å². The number of fused-ring (bicyclic) bond motifs is 1. The van der Waals surface area contributed by atoms with Crippen molar-refractivity contribution in [2.24, 2.45) is 5.41 Å². The fourth-order valence-corrected chi connectivity index (χ4v) is 3.76. The van der Waals surface area contributed by atoms with Crippen molar-refractivity contribution in [1.82, 2.24) is 20.3 Å². The molecule has 8 heteroatoms. The topological polar surface area (TPSA) is 138 Å². The molecule has 0 radical (unpaired) electrons.